The van der Waals surface area contributed by atoms with E-state index >= 15 is 0 Å². The van der Waals surface area contributed by atoms with Gasteiger partial charge in [0.1, 0.15) is 5.75 Å². The minimum Gasteiger partial charge on any atom is -0.270 e. The Kier molecular flexibility index (Phi) is 4.76. The minimum absolute atomic E-state index is 0.0889. The minimum atomic E-state index is -3.45. The maximum absolute atomic E-state index is 11.5. The zero-order chi connectivity index (χ0) is 11.3. The monoisotopic (exact) mass is 292 g/mol. The average Bonchev–Trinajstić information content (AvgIpc) is 2.18. The van der Waals surface area contributed by atoms with Crippen molar-refractivity contribution >= 4 is 26.0 Å². The van der Waals surface area contributed by atoms with E-state index in [4.69, 9.17) is 4.18 Å². The van der Waals surface area contributed by atoms with E-state index in [0.717, 1.165) is 4.47 Å². The maximum Gasteiger partial charge on any atom is 0.271 e. The average molecular weight is 293 g/mol. The van der Waals surface area contributed by atoms with Crippen LogP contribution in [0.15, 0.2) is 28.7 Å². The van der Waals surface area contributed by atoms with Gasteiger partial charge in [-0.15, -0.1) is 0 Å². The Balaban J connectivity index is 2.74. The van der Waals surface area contributed by atoms with Gasteiger partial charge in [0.25, 0.3) is 10.1 Å². The highest BCUT2D eigenvalue weighted by atomic mass is 79.9. The highest BCUT2D eigenvalue weighted by Crippen LogP contribution is 2.18. The lowest BCUT2D eigenvalue weighted by molar-refractivity contribution is 0.317. The molecule has 0 N–H and O–H groups in total. The predicted octanol–water partition coefficient (Wildman–Crippen LogP) is 2.71. The summed E-state index contributed by atoms with van der Waals surface area (Å²) in [6.07, 6.45) is 0.690. The molecule has 0 saturated carbocycles. The van der Waals surface area contributed by atoms with Crippen LogP contribution in [0.25, 0.3) is 0 Å². The van der Waals surface area contributed by atoms with E-state index in [-0.39, 0.29) is 12.4 Å². The zero-order valence-corrected chi connectivity index (χ0v) is 10.8. The Hall–Kier alpha value is -0.390. The van der Waals surface area contributed by atoms with Crippen LogP contribution in [0.1, 0.15) is 18.9 Å². The second kappa shape index (κ2) is 5.63. The molecule has 0 aliphatic carbocycles. The van der Waals surface area contributed by atoms with Crippen molar-refractivity contribution in [3.63, 3.8) is 0 Å². The van der Waals surface area contributed by atoms with Crippen LogP contribution in [0.4, 0.5) is 0 Å². The van der Waals surface area contributed by atoms with E-state index in [1.165, 1.54) is 0 Å². The molecule has 0 aromatic heterocycles. The van der Waals surface area contributed by atoms with Gasteiger partial charge in [0.05, 0.1) is 6.61 Å². The van der Waals surface area contributed by atoms with E-state index in [9.17, 15) is 8.42 Å². The molecule has 1 rings (SSSR count). The highest BCUT2D eigenvalue weighted by molar-refractivity contribution is 9.10. The standard InChI is InChI=1S/C10H13BrO3S/c1-2-7-14-15(12,13)8-9-5-3-4-6-10(9)11/h3-6H,2,7-8H2,1H3. The highest BCUT2D eigenvalue weighted by Gasteiger charge is 2.13. The summed E-state index contributed by atoms with van der Waals surface area (Å²) in [7, 11) is -3.45. The molecule has 3 nitrogen and oxygen atoms in total. The summed E-state index contributed by atoms with van der Waals surface area (Å²) < 4.78 is 28.5. The van der Waals surface area contributed by atoms with Crippen molar-refractivity contribution < 1.29 is 12.6 Å². The Morgan fingerprint density at radius 2 is 2.00 bits per heavy atom. The van der Waals surface area contributed by atoms with Gasteiger partial charge in [-0.25, -0.2) is 0 Å². The van der Waals surface area contributed by atoms with Crippen LogP contribution in [0.2, 0.25) is 0 Å². The van der Waals surface area contributed by atoms with E-state index < -0.39 is 10.1 Å². The van der Waals surface area contributed by atoms with Gasteiger partial charge < -0.3 is 0 Å². The van der Waals surface area contributed by atoms with Gasteiger partial charge in [0.2, 0.25) is 0 Å². The number of benzene rings is 1. The summed E-state index contributed by atoms with van der Waals surface area (Å²) in [4.78, 5) is 0. The van der Waals surface area contributed by atoms with Crippen molar-refractivity contribution in [1.29, 1.82) is 0 Å². The predicted molar refractivity (Wildman–Crippen MR) is 63.0 cm³/mol. The smallest absolute Gasteiger partial charge is 0.270 e. The largest absolute Gasteiger partial charge is 0.271 e. The summed E-state index contributed by atoms with van der Waals surface area (Å²) >= 11 is 3.30. The molecule has 0 heterocycles. The third-order valence-electron chi connectivity index (χ3n) is 1.76. The molecule has 1 aromatic rings. The van der Waals surface area contributed by atoms with Crippen LogP contribution >= 0.6 is 15.9 Å². The number of rotatable bonds is 5. The third-order valence-corrected chi connectivity index (χ3v) is 3.72. The van der Waals surface area contributed by atoms with Crippen LogP contribution < -0.4 is 0 Å². The van der Waals surface area contributed by atoms with Gasteiger partial charge >= 0.3 is 0 Å². The van der Waals surface area contributed by atoms with Crippen LogP contribution in [0.3, 0.4) is 0 Å². The van der Waals surface area contributed by atoms with Gasteiger partial charge in [-0.05, 0) is 18.1 Å². The second-order valence-corrected chi connectivity index (χ2v) is 5.61. The molecule has 84 valence electrons. The van der Waals surface area contributed by atoms with Crippen molar-refractivity contribution in [1.82, 2.24) is 0 Å². The third kappa shape index (κ3) is 4.32. The van der Waals surface area contributed by atoms with Crippen LogP contribution in [-0.4, -0.2) is 15.0 Å². The van der Waals surface area contributed by atoms with Crippen LogP contribution in [0, 0.1) is 0 Å². The maximum atomic E-state index is 11.5. The number of hydrogen-bond acceptors (Lipinski definition) is 3. The SMILES string of the molecule is CCCOS(=O)(=O)Cc1ccccc1Br. The molecule has 0 fully saturated rings. The zero-order valence-electron chi connectivity index (χ0n) is 8.44. The topological polar surface area (TPSA) is 43.4 Å². The first-order valence-corrected chi connectivity index (χ1v) is 7.02. The van der Waals surface area contributed by atoms with Crippen LogP contribution in [-0.2, 0) is 20.1 Å². The summed E-state index contributed by atoms with van der Waals surface area (Å²) in [5, 5.41) is 0. The molecule has 1 aromatic carbocycles. The normalized spacial score (nSPS) is 11.6. The first-order valence-electron chi connectivity index (χ1n) is 4.65. The molecule has 0 aliphatic heterocycles. The van der Waals surface area contributed by atoms with Crippen molar-refractivity contribution in [2.24, 2.45) is 0 Å². The van der Waals surface area contributed by atoms with Gasteiger partial charge in [0.15, 0.2) is 0 Å². The molecule has 0 spiro atoms. The molecular weight excluding hydrogens is 280 g/mol. The molecule has 5 heteroatoms. The summed E-state index contributed by atoms with van der Waals surface area (Å²) in [5.74, 6) is -0.0889. The molecule has 0 aliphatic rings. The van der Waals surface area contributed by atoms with Crippen LogP contribution in [0.5, 0.6) is 0 Å². The van der Waals surface area contributed by atoms with E-state index in [1.54, 1.807) is 12.1 Å². The number of hydrogen-bond donors (Lipinski definition) is 0. The quantitative estimate of drug-likeness (QED) is 0.784. The van der Waals surface area contributed by atoms with E-state index in [0.29, 0.717) is 12.0 Å². The molecular formula is C10H13BrO3S. The molecule has 0 amide bonds. The van der Waals surface area contributed by atoms with Crippen molar-refractivity contribution in [2.75, 3.05) is 6.61 Å². The summed E-state index contributed by atoms with van der Waals surface area (Å²) in [6, 6.07) is 7.21. The lowest BCUT2D eigenvalue weighted by Crippen LogP contribution is -2.09. The lowest BCUT2D eigenvalue weighted by Gasteiger charge is -2.05. The Morgan fingerprint density at radius 1 is 1.33 bits per heavy atom. The van der Waals surface area contributed by atoms with Gasteiger partial charge in [0, 0.05) is 4.47 Å². The first kappa shape index (κ1) is 12.7. The van der Waals surface area contributed by atoms with Gasteiger partial charge in [-0.3, -0.25) is 4.18 Å². The fourth-order valence-corrected chi connectivity index (χ4v) is 2.80. The fraction of sp³-hybridized carbons (Fsp3) is 0.400. The summed E-state index contributed by atoms with van der Waals surface area (Å²) in [6.45, 7) is 2.11. The van der Waals surface area contributed by atoms with Crippen molar-refractivity contribution in [3.05, 3.63) is 34.3 Å². The van der Waals surface area contributed by atoms with Crippen molar-refractivity contribution in [3.8, 4) is 0 Å². The van der Waals surface area contributed by atoms with E-state index in [2.05, 4.69) is 15.9 Å². The summed E-state index contributed by atoms with van der Waals surface area (Å²) in [5.41, 5.74) is 0.716. The number of halogens is 1. The molecule has 15 heavy (non-hydrogen) atoms. The fourth-order valence-electron chi connectivity index (χ4n) is 1.06. The molecule has 0 radical (unpaired) electrons. The van der Waals surface area contributed by atoms with Crippen molar-refractivity contribution in [2.45, 2.75) is 19.1 Å². The molecule has 0 atom stereocenters. The Morgan fingerprint density at radius 3 is 2.60 bits per heavy atom. The molecule has 0 unspecified atom stereocenters. The van der Waals surface area contributed by atoms with E-state index in [1.807, 2.05) is 19.1 Å². The second-order valence-electron chi connectivity index (χ2n) is 3.12. The molecule has 0 saturated heterocycles. The lowest BCUT2D eigenvalue weighted by atomic mass is 10.2. The molecule has 0 bridgehead atoms. The first-order chi connectivity index (χ1) is 7.05. The van der Waals surface area contributed by atoms with Gasteiger partial charge in [-0.2, -0.15) is 8.42 Å². The Labute approximate surface area is 98.7 Å². The van der Waals surface area contributed by atoms with Gasteiger partial charge in [-0.1, -0.05) is 41.1 Å². The Bertz CT molecular complexity index is 414.